The fourth-order valence-electron chi connectivity index (χ4n) is 3.53. The summed E-state index contributed by atoms with van der Waals surface area (Å²) in [4.78, 5) is 26.8. The lowest BCUT2D eigenvalue weighted by atomic mass is 10.2. The summed E-state index contributed by atoms with van der Waals surface area (Å²) in [6.07, 6.45) is 3.56. The number of nitrogens with one attached hydrogen (secondary N) is 1. The standard InChI is InChI=1S/C19H21N5O/c1-12-10-13(2)21-17(12)19(25)23-8-9-24-16(11-23)14(3)22-18(24)15-4-6-20-7-5-15/h4-7,10,21H,8-9,11H2,1-3H3. The first-order chi connectivity index (χ1) is 12.0. The largest absolute Gasteiger partial charge is 0.354 e. The third-order valence-electron chi connectivity index (χ3n) is 4.80. The second-order valence-electron chi connectivity index (χ2n) is 6.59. The minimum absolute atomic E-state index is 0.0583. The van der Waals surface area contributed by atoms with E-state index in [4.69, 9.17) is 4.98 Å². The van der Waals surface area contributed by atoms with Crippen LogP contribution in [0.5, 0.6) is 0 Å². The zero-order valence-corrected chi connectivity index (χ0v) is 14.7. The van der Waals surface area contributed by atoms with Crippen molar-refractivity contribution in [1.82, 2.24) is 24.4 Å². The number of hydrogen-bond acceptors (Lipinski definition) is 3. The van der Waals surface area contributed by atoms with Gasteiger partial charge in [0, 0.05) is 36.7 Å². The minimum Gasteiger partial charge on any atom is -0.354 e. The number of nitrogens with zero attached hydrogens (tertiary/aromatic N) is 4. The van der Waals surface area contributed by atoms with E-state index in [0.29, 0.717) is 18.8 Å². The topological polar surface area (TPSA) is 66.8 Å². The van der Waals surface area contributed by atoms with E-state index in [1.54, 1.807) is 12.4 Å². The summed E-state index contributed by atoms with van der Waals surface area (Å²) in [6.45, 7) is 7.96. The van der Waals surface area contributed by atoms with Crippen LogP contribution in [-0.4, -0.2) is 36.9 Å². The SMILES string of the molecule is Cc1cc(C)c(C(=O)N2CCn3c(-c4ccncc4)nc(C)c3C2)[nH]1. The Labute approximate surface area is 146 Å². The van der Waals surface area contributed by atoms with Crippen LogP contribution in [0.1, 0.15) is 33.1 Å². The van der Waals surface area contributed by atoms with Crippen LogP contribution in [0.4, 0.5) is 0 Å². The number of hydrogen-bond donors (Lipinski definition) is 1. The van der Waals surface area contributed by atoms with E-state index < -0.39 is 0 Å². The Kier molecular flexibility index (Phi) is 3.67. The zero-order valence-electron chi connectivity index (χ0n) is 14.7. The van der Waals surface area contributed by atoms with Crippen LogP contribution in [0.25, 0.3) is 11.4 Å². The minimum atomic E-state index is 0.0583. The molecule has 0 atom stereocenters. The highest BCUT2D eigenvalue weighted by Crippen LogP contribution is 2.26. The Balaban J connectivity index is 1.65. The number of amides is 1. The van der Waals surface area contributed by atoms with Crippen LogP contribution in [0, 0.1) is 20.8 Å². The molecule has 3 aromatic rings. The lowest BCUT2D eigenvalue weighted by Crippen LogP contribution is -2.39. The third kappa shape index (κ3) is 2.63. The number of fused-ring (bicyclic) bond motifs is 1. The van der Waals surface area contributed by atoms with Gasteiger partial charge in [0.1, 0.15) is 11.5 Å². The van der Waals surface area contributed by atoms with Crippen LogP contribution in [-0.2, 0) is 13.1 Å². The number of aromatic amines is 1. The van der Waals surface area contributed by atoms with Gasteiger partial charge in [-0.05, 0) is 44.5 Å². The average molecular weight is 335 g/mol. The van der Waals surface area contributed by atoms with Crippen molar-refractivity contribution in [2.24, 2.45) is 0 Å². The molecule has 0 radical (unpaired) electrons. The summed E-state index contributed by atoms with van der Waals surface area (Å²) >= 11 is 0. The zero-order chi connectivity index (χ0) is 17.6. The van der Waals surface area contributed by atoms with Gasteiger partial charge in [-0.1, -0.05) is 0 Å². The molecule has 6 heteroatoms. The predicted octanol–water partition coefficient (Wildman–Crippen LogP) is 2.85. The molecule has 6 nitrogen and oxygen atoms in total. The molecule has 1 amide bonds. The van der Waals surface area contributed by atoms with Gasteiger partial charge < -0.3 is 14.5 Å². The van der Waals surface area contributed by atoms with Crippen molar-refractivity contribution in [2.45, 2.75) is 33.9 Å². The van der Waals surface area contributed by atoms with E-state index in [1.807, 2.05) is 43.9 Å². The normalized spacial score (nSPS) is 13.8. The van der Waals surface area contributed by atoms with Crippen LogP contribution in [0.15, 0.2) is 30.6 Å². The van der Waals surface area contributed by atoms with Gasteiger partial charge in [0.25, 0.3) is 5.91 Å². The summed E-state index contributed by atoms with van der Waals surface area (Å²) in [5.41, 5.74) is 5.84. The van der Waals surface area contributed by atoms with Gasteiger partial charge in [0.15, 0.2) is 0 Å². The number of aryl methyl sites for hydroxylation is 3. The van der Waals surface area contributed by atoms with E-state index in [2.05, 4.69) is 14.5 Å². The van der Waals surface area contributed by atoms with Gasteiger partial charge in [0.2, 0.25) is 0 Å². The molecule has 0 unspecified atom stereocenters. The molecule has 1 aliphatic rings. The van der Waals surface area contributed by atoms with E-state index in [-0.39, 0.29) is 5.91 Å². The molecule has 3 aromatic heterocycles. The van der Waals surface area contributed by atoms with Crippen molar-refractivity contribution in [3.63, 3.8) is 0 Å². The van der Waals surface area contributed by atoms with E-state index in [0.717, 1.165) is 40.6 Å². The first-order valence-corrected chi connectivity index (χ1v) is 8.46. The lowest BCUT2D eigenvalue weighted by molar-refractivity contribution is 0.0705. The number of imidazole rings is 1. The molecule has 0 aromatic carbocycles. The Morgan fingerprint density at radius 2 is 1.92 bits per heavy atom. The Hall–Kier alpha value is -2.89. The molecule has 0 fully saturated rings. The average Bonchev–Trinajstić information content (AvgIpc) is 3.14. The maximum Gasteiger partial charge on any atom is 0.270 e. The summed E-state index contributed by atoms with van der Waals surface area (Å²) < 4.78 is 2.22. The van der Waals surface area contributed by atoms with Gasteiger partial charge in [-0.25, -0.2) is 4.98 Å². The highest BCUT2D eigenvalue weighted by molar-refractivity contribution is 5.94. The first kappa shape index (κ1) is 15.6. The predicted molar refractivity (Wildman–Crippen MR) is 95.2 cm³/mol. The highest BCUT2D eigenvalue weighted by atomic mass is 16.2. The second-order valence-corrected chi connectivity index (χ2v) is 6.59. The third-order valence-corrected chi connectivity index (χ3v) is 4.80. The molecule has 4 rings (SSSR count). The molecule has 0 bridgehead atoms. The molecule has 1 N–H and O–H groups in total. The number of carbonyl (C=O) groups is 1. The molecule has 0 saturated carbocycles. The smallest absolute Gasteiger partial charge is 0.270 e. The maximum absolute atomic E-state index is 12.9. The summed E-state index contributed by atoms with van der Waals surface area (Å²) in [7, 11) is 0. The first-order valence-electron chi connectivity index (χ1n) is 8.46. The Bertz CT molecular complexity index is 938. The van der Waals surface area contributed by atoms with Crippen LogP contribution in [0.3, 0.4) is 0 Å². The van der Waals surface area contributed by atoms with Gasteiger partial charge in [-0.2, -0.15) is 0 Å². The van der Waals surface area contributed by atoms with E-state index in [9.17, 15) is 4.79 Å². The van der Waals surface area contributed by atoms with Crippen molar-refractivity contribution in [2.75, 3.05) is 6.54 Å². The molecular formula is C19H21N5O. The van der Waals surface area contributed by atoms with Crippen LogP contribution in [0.2, 0.25) is 0 Å². The fourth-order valence-corrected chi connectivity index (χ4v) is 3.53. The van der Waals surface area contributed by atoms with Crippen molar-refractivity contribution in [1.29, 1.82) is 0 Å². The number of rotatable bonds is 2. The van der Waals surface area contributed by atoms with Crippen LogP contribution >= 0.6 is 0 Å². The van der Waals surface area contributed by atoms with Crippen molar-refractivity contribution in [3.8, 4) is 11.4 Å². The highest BCUT2D eigenvalue weighted by Gasteiger charge is 2.27. The molecule has 25 heavy (non-hydrogen) atoms. The molecule has 0 saturated heterocycles. The maximum atomic E-state index is 12.9. The Morgan fingerprint density at radius 1 is 1.16 bits per heavy atom. The quantitative estimate of drug-likeness (QED) is 0.783. The van der Waals surface area contributed by atoms with E-state index >= 15 is 0 Å². The summed E-state index contributed by atoms with van der Waals surface area (Å²) in [5, 5.41) is 0. The van der Waals surface area contributed by atoms with Crippen LogP contribution < -0.4 is 0 Å². The molecule has 0 aliphatic carbocycles. The molecule has 0 spiro atoms. The summed E-state index contributed by atoms with van der Waals surface area (Å²) in [6, 6.07) is 5.95. The number of carbonyl (C=O) groups excluding carboxylic acids is 1. The lowest BCUT2D eigenvalue weighted by Gasteiger charge is -2.29. The van der Waals surface area contributed by atoms with Gasteiger partial charge >= 0.3 is 0 Å². The molecule has 128 valence electrons. The van der Waals surface area contributed by atoms with Crippen molar-refractivity contribution < 1.29 is 4.79 Å². The molecule has 1 aliphatic heterocycles. The van der Waals surface area contributed by atoms with Crippen molar-refractivity contribution in [3.05, 3.63) is 58.9 Å². The fraction of sp³-hybridized carbons (Fsp3) is 0.316. The molecular weight excluding hydrogens is 314 g/mol. The van der Waals surface area contributed by atoms with Gasteiger partial charge in [-0.3, -0.25) is 9.78 Å². The van der Waals surface area contributed by atoms with Crippen molar-refractivity contribution >= 4 is 5.91 Å². The Morgan fingerprint density at radius 3 is 2.60 bits per heavy atom. The van der Waals surface area contributed by atoms with Gasteiger partial charge in [-0.15, -0.1) is 0 Å². The summed E-state index contributed by atoms with van der Waals surface area (Å²) in [5.74, 6) is 1.01. The number of pyridine rings is 1. The van der Waals surface area contributed by atoms with E-state index in [1.165, 1.54) is 0 Å². The number of H-pyrrole nitrogens is 1. The van der Waals surface area contributed by atoms with Gasteiger partial charge in [0.05, 0.1) is 17.9 Å². The molecule has 4 heterocycles. The second kappa shape index (κ2) is 5.88. The monoisotopic (exact) mass is 335 g/mol. The number of aromatic nitrogens is 4.